The number of nitrogens with one attached hydrogen (secondary N) is 1. The Morgan fingerprint density at radius 2 is 2.00 bits per heavy atom. The summed E-state index contributed by atoms with van der Waals surface area (Å²) in [5, 5.41) is 20.1. The van der Waals surface area contributed by atoms with Crippen LogP contribution in [0.2, 0.25) is 0 Å². The van der Waals surface area contributed by atoms with Gasteiger partial charge < -0.3 is 30.1 Å². The molecule has 124 valence electrons. The van der Waals surface area contributed by atoms with E-state index in [1.165, 1.54) is 4.90 Å². The van der Waals surface area contributed by atoms with Crippen molar-refractivity contribution in [1.29, 1.82) is 0 Å². The number of hydrogen-bond donors (Lipinski definition) is 3. The second-order valence-corrected chi connectivity index (χ2v) is 5.29. The van der Waals surface area contributed by atoms with Crippen LogP contribution in [0.4, 0.5) is 4.79 Å². The highest BCUT2D eigenvalue weighted by Crippen LogP contribution is 2.19. The van der Waals surface area contributed by atoms with Crippen molar-refractivity contribution in [3.05, 3.63) is 0 Å². The molecule has 0 spiro atoms. The summed E-state index contributed by atoms with van der Waals surface area (Å²) in [5.74, 6) is -0.635. The van der Waals surface area contributed by atoms with Gasteiger partial charge in [-0.3, -0.25) is 9.59 Å². The standard InChI is InChI=1S/C13H21N3O6/c17-6-2-10(12(19)15-4-7-22-8-5-15)16-3-1-9(11(16)18)14-13(20)21/h9-10,14,17H,1-8H2,(H,20,21)/t9-,10-/m0/s1. The quantitative estimate of drug-likeness (QED) is 0.566. The Morgan fingerprint density at radius 1 is 1.32 bits per heavy atom. The van der Waals surface area contributed by atoms with E-state index in [4.69, 9.17) is 9.84 Å². The van der Waals surface area contributed by atoms with Gasteiger partial charge in [0.2, 0.25) is 11.8 Å². The van der Waals surface area contributed by atoms with Crippen molar-refractivity contribution in [2.45, 2.75) is 24.9 Å². The smallest absolute Gasteiger partial charge is 0.405 e. The van der Waals surface area contributed by atoms with Gasteiger partial charge in [0.25, 0.3) is 0 Å². The van der Waals surface area contributed by atoms with Crippen molar-refractivity contribution >= 4 is 17.9 Å². The lowest BCUT2D eigenvalue weighted by molar-refractivity contribution is -0.147. The van der Waals surface area contributed by atoms with E-state index in [9.17, 15) is 19.5 Å². The number of carbonyl (C=O) groups excluding carboxylic acids is 2. The fraction of sp³-hybridized carbons (Fsp3) is 0.769. The average molecular weight is 315 g/mol. The number of likely N-dealkylation sites (tertiary alicyclic amines) is 1. The van der Waals surface area contributed by atoms with Crippen LogP contribution in [0.1, 0.15) is 12.8 Å². The minimum Gasteiger partial charge on any atom is -0.465 e. The van der Waals surface area contributed by atoms with Crippen LogP contribution in [-0.4, -0.2) is 89.5 Å². The van der Waals surface area contributed by atoms with Crippen LogP contribution in [0.25, 0.3) is 0 Å². The van der Waals surface area contributed by atoms with Crippen LogP contribution in [0.15, 0.2) is 0 Å². The minimum atomic E-state index is -1.27. The van der Waals surface area contributed by atoms with E-state index < -0.39 is 24.1 Å². The summed E-state index contributed by atoms with van der Waals surface area (Å²) in [6.07, 6.45) is -0.802. The number of carboxylic acid groups (broad SMARTS) is 1. The van der Waals surface area contributed by atoms with Gasteiger partial charge in [-0.2, -0.15) is 0 Å². The van der Waals surface area contributed by atoms with Crippen LogP contribution in [0.3, 0.4) is 0 Å². The van der Waals surface area contributed by atoms with Crippen molar-refractivity contribution in [2.24, 2.45) is 0 Å². The molecule has 2 fully saturated rings. The summed E-state index contributed by atoms with van der Waals surface area (Å²) in [6.45, 7) is 1.90. The third kappa shape index (κ3) is 3.66. The molecule has 9 heteroatoms. The molecule has 0 aliphatic carbocycles. The third-order valence-corrected chi connectivity index (χ3v) is 3.92. The number of amides is 3. The third-order valence-electron chi connectivity index (χ3n) is 3.92. The maximum absolute atomic E-state index is 12.6. The van der Waals surface area contributed by atoms with E-state index in [2.05, 4.69) is 5.32 Å². The fourth-order valence-corrected chi connectivity index (χ4v) is 2.82. The molecule has 2 atom stereocenters. The Bertz CT molecular complexity index is 437. The van der Waals surface area contributed by atoms with Crippen molar-refractivity contribution in [3.63, 3.8) is 0 Å². The Hall–Kier alpha value is -1.87. The van der Waals surface area contributed by atoms with E-state index in [0.717, 1.165) is 0 Å². The molecule has 3 N–H and O–H groups in total. The highest BCUT2D eigenvalue weighted by molar-refractivity contribution is 5.92. The number of morpholine rings is 1. The Morgan fingerprint density at radius 3 is 2.59 bits per heavy atom. The van der Waals surface area contributed by atoms with Gasteiger partial charge in [-0.1, -0.05) is 0 Å². The van der Waals surface area contributed by atoms with E-state index in [0.29, 0.717) is 39.3 Å². The molecule has 2 saturated heterocycles. The summed E-state index contributed by atoms with van der Waals surface area (Å²) < 4.78 is 5.20. The van der Waals surface area contributed by atoms with E-state index in [-0.39, 0.29) is 18.9 Å². The zero-order valence-corrected chi connectivity index (χ0v) is 12.2. The zero-order chi connectivity index (χ0) is 16.1. The molecule has 2 heterocycles. The van der Waals surface area contributed by atoms with Crippen molar-refractivity contribution in [3.8, 4) is 0 Å². The lowest BCUT2D eigenvalue weighted by Crippen LogP contribution is -2.54. The lowest BCUT2D eigenvalue weighted by atomic mass is 10.1. The van der Waals surface area contributed by atoms with E-state index >= 15 is 0 Å². The molecule has 0 aromatic rings. The highest BCUT2D eigenvalue weighted by atomic mass is 16.5. The van der Waals surface area contributed by atoms with Crippen molar-refractivity contribution in [2.75, 3.05) is 39.5 Å². The Kier molecular flexibility index (Phi) is 5.56. The first-order chi connectivity index (χ1) is 10.5. The number of aliphatic hydroxyl groups excluding tert-OH is 1. The normalized spacial score (nSPS) is 23.5. The van der Waals surface area contributed by atoms with Crippen LogP contribution in [-0.2, 0) is 14.3 Å². The number of carbonyl (C=O) groups is 3. The summed E-state index contributed by atoms with van der Waals surface area (Å²) in [6, 6.07) is -1.58. The van der Waals surface area contributed by atoms with E-state index in [1.54, 1.807) is 4.90 Å². The SMILES string of the molecule is O=C(O)N[C@H]1CCN([C@@H](CCO)C(=O)N2CCOCC2)C1=O. The number of rotatable bonds is 5. The van der Waals surface area contributed by atoms with Gasteiger partial charge >= 0.3 is 6.09 Å². The molecule has 2 rings (SSSR count). The largest absolute Gasteiger partial charge is 0.465 e. The molecule has 0 radical (unpaired) electrons. The Balaban J connectivity index is 2.05. The summed E-state index contributed by atoms with van der Waals surface area (Å²) in [7, 11) is 0. The van der Waals surface area contributed by atoms with Gasteiger partial charge in [0.1, 0.15) is 12.1 Å². The maximum Gasteiger partial charge on any atom is 0.405 e. The average Bonchev–Trinajstić information content (AvgIpc) is 2.85. The first-order valence-corrected chi connectivity index (χ1v) is 7.32. The van der Waals surface area contributed by atoms with Gasteiger partial charge in [0.15, 0.2) is 0 Å². The number of hydrogen-bond acceptors (Lipinski definition) is 5. The molecule has 22 heavy (non-hydrogen) atoms. The van der Waals surface area contributed by atoms with E-state index in [1.807, 2.05) is 0 Å². The van der Waals surface area contributed by atoms with Crippen LogP contribution in [0, 0.1) is 0 Å². The van der Waals surface area contributed by atoms with Gasteiger partial charge in [0, 0.05) is 26.2 Å². The van der Waals surface area contributed by atoms with Crippen molar-refractivity contribution in [1.82, 2.24) is 15.1 Å². The van der Waals surface area contributed by atoms with Crippen LogP contribution < -0.4 is 5.32 Å². The van der Waals surface area contributed by atoms with Crippen LogP contribution in [0.5, 0.6) is 0 Å². The molecule has 0 aromatic heterocycles. The minimum absolute atomic E-state index is 0.141. The fourth-order valence-electron chi connectivity index (χ4n) is 2.82. The number of aliphatic hydroxyl groups is 1. The summed E-state index contributed by atoms with van der Waals surface area (Å²) >= 11 is 0. The first kappa shape index (κ1) is 16.5. The van der Waals surface area contributed by atoms with Gasteiger partial charge in [-0.15, -0.1) is 0 Å². The zero-order valence-electron chi connectivity index (χ0n) is 12.2. The predicted octanol–water partition coefficient (Wildman–Crippen LogP) is -1.54. The first-order valence-electron chi connectivity index (χ1n) is 7.32. The summed E-state index contributed by atoms with van der Waals surface area (Å²) in [5.41, 5.74) is 0. The molecule has 0 saturated carbocycles. The maximum atomic E-state index is 12.6. The number of ether oxygens (including phenoxy) is 1. The number of nitrogens with zero attached hydrogens (tertiary/aromatic N) is 2. The summed E-state index contributed by atoms with van der Waals surface area (Å²) in [4.78, 5) is 38.5. The molecule has 9 nitrogen and oxygen atoms in total. The van der Waals surface area contributed by atoms with Crippen LogP contribution >= 0.6 is 0 Å². The highest BCUT2D eigenvalue weighted by Gasteiger charge is 2.40. The second-order valence-electron chi connectivity index (χ2n) is 5.29. The lowest BCUT2D eigenvalue weighted by Gasteiger charge is -2.34. The second kappa shape index (κ2) is 7.41. The molecule has 0 unspecified atom stereocenters. The topological polar surface area (TPSA) is 119 Å². The molecule has 2 aliphatic heterocycles. The molecular formula is C13H21N3O6. The molecule has 0 bridgehead atoms. The van der Waals surface area contributed by atoms with Gasteiger partial charge in [0.05, 0.1) is 13.2 Å². The Labute approximate surface area is 127 Å². The predicted molar refractivity (Wildman–Crippen MR) is 74.2 cm³/mol. The molecular weight excluding hydrogens is 294 g/mol. The molecule has 0 aromatic carbocycles. The van der Waals surface area contributed by atoms with Gasteiger partial charge in [-0.05, 0) is 12.8 Å². The molecule has 2 aliphatic rings. The monoisotopic (exact) mass is 315 g/mol. The van der Waals surface area contributed by atoms with Gasteiger partial charge in [-0.25, -0.2) is 4.79 Å². The molecule has 3 amide bonds. The van der Waals surface area contributed by atoms with Crippen molar-refractivity contribution < 1.29 is 29.3 Å².